The predicted octanol–water partition coefficient (Wildman–Crippen LogP) is 2.52. The largest absolute Gasteiger partial charge is 0.347 e. The summed E-state index contributed by atoms with van der Waals surface area (Å²) in [5.74, 6) is 2.28. The summed E-state index contributed by atoms with van der Waals surface area (Å²) in [6.45, 7) is 7.67. The van der Waals surface area contributed by atoms with Crippen molar-refractivity contribution in [3.63, 3.8) is 0 Å². The van der Waals surface area contributed by atoms with Gasteiger partial charge < -0.3 is 15.1 Å². The van der Waals surface area contributed by atoms with Crippen molar-refractivity contribution in [3.8, 4) is 0 Å². The molecule has 2 unspecified atom stereocenters. The van der Waals surface area contributed by atoms with Gasteiger partial charge in [-0.05, 0) is 42.7 Å². The van der Waals surface area contributed by atoms with Crippen LogP contribution in [0.4, 0.5) is 5.69 Å². The average Bonchev–Trinajstić information content (AvgIpc) is 2.61. The number of amides is 1. The molecule has 1 saturated heterocycles. The maximum absolute atomic E-state index is 12.8. The van der Waals surface area contributed by atoms with Crippen molar-refractivity contribution in [1.29, 1.82) is 0 Å². The van der Waals surface area contributed by atoms with Crippen molar-refractivity contribution < 1.29 is 4.79 Å². The van der Waals surface area contributed by atoms with E-state index in [1.165, 1.54) is 12.0 Å². The van der Waals surface area contributed by atoms with Gasteiger partial charge in [0.15, 0.2) is 5.96 Å². The highest BCUT2D eigenvalue weighted by molar-refractivity contribution is 5.98. The van der Waals surface area contributed by atoms with E-state index < -0.39 is 0 Å². The lowest BCUT2D eigenvalue weighted by atomic mass is 9.92. The van der Waals surface area contributed by atoms with Crippen LogP contribution in [0, 0.1) is 11.8 Å². The van der Waals surface area contributed by atoms with Gasteiger partial charge in [0.05, 0.1) is 6.54 Å². The Kier molecular flexibility index (Phi) is 5.61. The first-order valence-corrected chi connectivity index (χ1v) is 9.42. The van der Waals surface area contributed by atoms with Crippen molar-refractivity contribution in [2.75, 3.05) is 38.1 Å². The molecule has 0 saturated carbocycles. The number of nitrogens with zero attached hydrogens (tertiary/aromatic N) is 3. The lowest BCUT2D eigenvalue weighted by molar-refractivity contribution is -0.117. The van der Waals surface area contributed by atoms with Crippen LogP contribution in [0.5, 0.6) is 0 Å². The lowest BCUT2D eigenvalue weighted by Crippen LogP contribution is -2.51. The zero-order chi connectivity index (χ0) is 17.8. The lowest BCUT2D eigenvalue weighted by Gasteiger charge is -2.37. The smallest absolute Gasteiger partial charge is 0.246 e. The summed E-state index contributed by atoms with van der Waals surface area (Å²) in [6.07, 6.45) is 3.34. The molecule has 1 N–H and O–H groups in total. The van der Waals surface area contributed by atoms with Gasteiger partial charge in [0, 0.05) is 32.4 Å². The van der Waals surface area contributed by atoms with E-state index in [0.717, 1.165) is 44.1 Å². The van der Waals surface area contributed by atoms with Gasteiger partial charge in [-0.25, -0.2) is 0 Å². The number of aliphatic imine (C=N–C) groups is 1. The second-order valence-electron chi connectivity index (χ2n) is 7.53. The van der Waals surface area contributed by atoms with E-state index in [1.807, 2.05) is 17.0 Å². The van der Waals surface area contributed by atoms with Crippen LogP contribution in [-0.4, -0.2) is 50.0 Å². The highest BCUT2D eigenvalue weighted by atomic mass is 16.2. The molecule has 1 aromatic rings. The average molecular weight is 342 g/mol. The Morgan fingerprint density at radius 2 is 1.96 bits per heavy atom. The van der Waals surface area contributed by atoms with Crippen molar-refractivity contribution in [2.24, 2.45) is 16.8 Å². The minimum Gasteiger partial charge on any atom is -0.347 e. The Morgan fingerprint density at radius 1 is 1.24 bits per heavy atom. The van der Waals surface area contributed by atoms with E-state index in [0.29, 0.717) is 18.4 Å². The molecular formula is C20H30N4O. The van der Waals surface area contributed by atoms with Gasteiger partial charge >= 0.3 is 0 Å². The number of benzene rings is 1. The third-order valence-electron chi connectivity index (χ3n) is 5.19. The number of guanidine groups is 1. The van der Waals surface area contributed by atoms with E-state index in [9.17, 15) is 4.79 Å². The number of aryl methyl sites for hydroxylation is 1. The molecule has 136 valence electrons. The molecule has 0 radical (unpaired) electrons. The Bertz CT molecular complexity index is 632. The van der Waals surface area contributed by atoms with Crippen molar-refractivity contribution in [2.45, 2.75) is 33.1 Å². The number of likely N-dealkylation sites (tertiary alicyclic amines) is 1. The van der Waals surface area contributed by atoms with Crippen LogP contribution in [0.1, 0.15) is 32.3 Å². The molecule has 3 rings (SSSR count). The minimum absolute atomic E-state index is 0.117. The molecule has 5 heteroatoms. The summed E-state index contributed by atoms with van der Waals surface area (Å²) >= 11 is 0. The highest BCUT2D eigenvalue weighted by Gasteiger charge is 2.26. The predicted molar refractivity (Wildman–Crippen MR) is 103 cm³/mol. The third-order valence-corrected chi connectivity index (χ3v) is 5.19. The fourth-order valence-electron chi connectivity index (χ4n) is 4.21. The number of anilines is 1. The summed E-state index contributed by atoms with van der Waals surface area (Å²) in [7, 11) is 1.80. The fraction of sp³-hybridized carbons (Fsp3) is 0.600. The van der Waals surface area contributed by atoms with Crippen LogP contribution in [-0.2, 0) is 11.2 Å². The number of carbonyl (C=O) groups is 1. The first-order chi connectivity index (χ1) is 12.1. The molecular weight excluding hydrogens is 312 g/mol. The van der Waals surface area contributed by atoms with Gasteiger partial charge in [-0.15, -0.1) is 0 Å². The molecule has 1 fully saturated rings. The number of piperidine rings is 1. The molecule has 0 aliphatic carbocycles. The van der Waals surface area contributed by atoms with Gasteiger partial charge in [-0.2, -0.15) is 0 Å². The monoisotopic (exact) mass is 342 g/mol. The maximum atomic E-state index is 12.8. The second-order valence-corrected chi connectivity index (χ2v) is 7.53. The molecule has 0 aromatic heterocycles. The van der Waals surface area contributed by atoms with Crippen molar-refractivity contribution >= 4 is 17.6 Å². The van der Waals surface area contributed by atoms with Crippen molar-refractivity contribution in [3.05, 3.63) is 29.8 Å². The summed E-state index contributed by atoms with van der Waals surface area (Å²) in [6, 6.07) is 8.23. The summed E-state index contributed by atoms with van der Waals surface area (Å²) in [4.78, 5) is 21.4. The number of carbonyl (C=O) groups excluding carboxylic acids is 1. The SMILES string of the molecule is CN=C(NCC(=O)N1CCCc2ccccc21)N1CC(C)CC(C)C1. The number of hydrogen-bond acceptors (Lipinski definition) is 2. The Hall–Kier alpha value is -2.04. The minimum atomic E-state index is 0.117. The zero-order valence-corrected chi connectivity index (χ0v) is 15.7. The highest BCUT2D eigenvalue weighted by Crippen LogP contribution is 2.26. The topological polar surface area (TPSA) is 47.9 Å². The fourth-order valence-corrected chi connectivity index (χ4v) is 4.21. The van der Waals surface area contributed by atoms with Gasteiger partial charge in [-0.3, -0.25) is 9.79 Å². The summed E-state index contributed by atoms with van der Waals surface area (Å²) < 4.78 is 0. The Labute approximate surface area is 151 Å². The number of fused-ring (bicyclic) bond motifs is 1. The first kappa shape index (κ1) is 17.8. The van der Waals surface area contributed by atoms with Crippen LogP contribution < -0.4 is 10.2 Å². The van der Waals surface area contributed by atoms with E-state index >= 15 is 0 Å². The number of nitrogens with one attached hydrogen (secondary N) is 1. The van der Waals surface area contributed by atoms with Gasteiger partial charge in [0.1, 0.15) is 0 Å². The molecule has 2 aliphatic heterocycles. The molecule has 0 bridgehead atoms. The number of rotatable bonds is 2. The molecule has 25 heavy (non-hydrogen) atoms. The van der Waals surface area contributed by atoms with E-state index in [4.69, 9.17) is 0 Å². The van der Waals surface area contributed by atoms with Crippen LogP contribution in [0.2, 0.25) is 0 Å². The summed E-state index contributed by atoms with van der Waals surface area (Å²) in [5.41, 5.74) is 2.33. The maximum Gasteiger partial charge on any atom is 0.246 e. The van der Waals surface area contributed by atoms with Crippen LogP contribution in [0.15, 0.2) is 29.3 Å². The third kappa shape index (κ3) is 4.14. The number of hydrogen-bond donors (Lipinski definition) is 1. The quantitative estimate of drug-likeness (QED) is 0.664. The normalized spacial score (nSPS) is 24.0. The van der Waals surface area contributed by atoms with Crippen LogP contribution in [0.3, 0.4) is 0 Å². The molecule has 1 amide bonds. The van der Waals surface area contributed by atoms with Crippen LogP contribution in [0.25, 0.3) is 0 Å². The Morgan fingerprint density at radius 3 is 2.68 bits per heavy atom. The van der Waals surface area contributed by atoms with Gasteiger partial charge in [0.2, 0.25) is 5.91 Å². The van der Waals surface area contributed by atoms with Crippen LogP contribution >= 0.6 is 0 Å². The summed E-state index contributed by atoms with van der Waals surface area (Å²) in [5, 5.41) is 3.29. The number of para-hydroxylation sites is 1. The van der Waals surface area contributed by atoms with E-state index in [-0.39, 0.29) is 5.91 Å². The molecule has 1 aromatic carbocycles. The first-order valence-electron chi connectivity index (χ1n) is 9.42. The molecule has 5 nitrogen and oxygen atoms in total. The molecule has 2 heterocycles. The molecule has 2 aliphatic rings. The molecule has 0 spiro atoms. The van der Waals surface area contributed by atoms with Crippen molar-refractivity contribution in [1.82, 2.24) is 10.2 Å². The Balaban J connectivity index is 1.62. The second kappa shape index (κ2) is 7.89. The molecule has 2 atom stereocenters. The van der Waals surface area contributed by atoms with E-state index in [2.05, 4.69) is 41.2 Å². The van der Waals surface area contributed by atoms with Gasteiger partial charge in [0.25, 0.3) is 0 Å². The van der Waals surface area contributed by atoms with E-state index in [1.54, 1.807) is 7.05 Å². The zero-order valence-electron chi connectivity index (χ0n) is 15.7. The standard InChI is InChI=1S/C20H30N4O/c1-15-11-16(2)14-23(13-15)20(21-3)22-12-19(25)24-10-6-8-17-7-4-5-9-18(17)24/h4-5,7,9,15-16H,6,8,10-14H2,1-3H3,(H,21,22). The van der Waals surface area contributed by atoms with Gasteiger partial charge in [-0.1, -0.05) is 32.0 Å².